The maximum absolute atomic E-state index is 11.6. The van der Waals surface area contributed by atoms with Crippen molar-refractivity contribution in [3.63, 3.8) is 0 Å². The van der Waals surface area contributed by atoms with Crippen LogP contribution in [-0.2, 0) is 0 Å². The molecular formula is C13H12N2O3. The van der Waals surface area contributed by atoms with Crippen molar-refractivity contribution in [2.45, 2.75) is 6.92 Å². The van der Waals surface area contributed by atoms with Crippen LogP contribution in [0.3, 0.4) is 0 Å². The second kappa shape index (κ2) is 5.18. The molecule has 0 aliphatic carbocycles. The Labute approximate surface area is 104 Å². The Bertz CT molecular complexity index is 587. The van der Waals surface area contributed by atoms with Crippen LogP contribution in [0.25, 0.3) is 0 Å². The monoisotopic (exact) mass is 244 g/mol. The summed E-state index contributed by atoms with van der Waals surface area (Å²) in [6, 6.07) is 9.96. The van der Waals surface area contributed by atoms with Gasteiger partial charge in [0, 0.05) is 5.56 Å². The van der Waals surface area contributed by atoms with E-state index in [-0.39, 0.29) is 11.5 Å². The Morgan fingerprint density at radius 3 is 2.78 bits per heavy atom. The molecule has 2 N–H and O–H groups in total. The first kappa shape index (κ1) is 11.9. The van der Waals surface area contributed by atoms with Crippen molar-refractivity contribution in [1.29, 1.82) is 0 Å². The molecule has 0 aliphatic heterocycles. The molecule has 18 heavy (non-hydrogen) atoms. The minimum atomic E-state index is -0.435. The lowest BCUT2D eigenvalue weighted by Gasteiger charge is -1.97. The lowest BCUT2D eigenvalue weighted by Crippen LogP contribution is -2.16. The molecule has 1 aromatic carbocycles. The van der Waals surface area contributed by atoms with Gasteiger partial charge in [-0.05, 0) is 31.2 Å². The number of phenolic OH excluding ortho intramolecular Hbond substituents is 1. The van der Waals surface area contributed by atoms with E-state index in [1.54, 1.807) is 43.3 Å². The fraction of sp³-hybridized carbons (Fsp3) is 0.0769. The van der Waals surface area contributed by atoms with E-state index >= 15 is 0 Å². The van der Waals surface area contributed by atoms with Crippen LogP contribution in [-0.4, -0.2) is 17.2 Å². The van der Waals surface area contributed by atoms with Crippen LogP contribution in [0.1, 0.15) is 21.9 Å². The molecule has 0 unspecified atom stereocenters. The van der Waals surface area contributed by atoms with Gasteiger partial charge in [-0.1, -0.05) is 12.1 Å². The van der Waals surface area contributed by atoms with Crippen molar-refractivity contribution < 1.29 is 14.3 Å². The van der Waals surface area contributed by atoms with Gasteiger partial charge >= 0.3 is 5.91 Å². The van der Waals surface area contributed by atoms with Crippen molar-refractivity contribution in [1.82, 2.24) is 5.43 Å². The second-order valence-corrected chi connectivity index (χ2v) is 3.67. The quantitative estimate of drug-likeness (QED) is 0.641. The Morgan fingerprint density at radius 1 is 1.33 bits per heavy atom. The lowest BCUT2D eigenvalue weighted by atomic mass is 10.2. The molecule has 0 spiro atoms. The van der Waals surface area contributed by atoms with E-state index < -0.39 is 5.91 Å². The summed E-state index contributed by atoms with van der Waals surface area (Å²) in [5.41, 5.74) is 2.84. The van der Waals surface area contributed by atoms with E-state index in [1.165, 1.54) is 6.21 Å². The Balaban J connectivity index is 2.00. The zero-order valence-corrected chi connectivity index (χ0v) is 9.75. The molecular weight excluding hydrogens is 232 g/mol. The molecule has 0 atom stereocenters. The van der Waals surface area contributed by atoms with Gasteiger partial charge in [0.2, 0.25) is 0 Å². The minimum Gasteiger partial charge on any atom is -0.507 e. The number of hydrogen-bond acceptors (Lipinski definition) is 4. The topological polar surface area (TPSA) is 74.8 Å². The molecule has 1 heterocycles. The highest BCUT2D eigenvalue weighted by atomic mass is 16.3. The number of benzene rings is 1. The standard InChI is InChI=1S/C13H12N2O3/c1-9-6-7-12(18-9)13(17)15-14-8-10-4-2-3-5-11(10)16/h2-8,16H,1H3,(H,15,17)/b14-8+. The first-order valence-electron chi connectivity index (χ1n) is 5.34. The summed E-state index contributed by atoms with van der Waals surface area (Å²) in [7, 11) is 0. The van der Waals surface area contributed by atoms with E-state index in [9.17, 15) is 9.90 Å². The zero-order chi connectivity index (χ0) is 13.0. The van der Waals surface area contributed by atoms with E-state index in [2.05, 4.69) is 10.5 Å². The molecule has 5 heteroatoms. The number of phenols is 1. The number of amides is 1. The van der Waals surface area contributed by atoms with Crippen LogP contribution in [0.15, 0.2) is 45.9 Å². The number of para-hydroxylation sites is 1. The number of nitrogens with zero attached hydrogens (tertiary/aromatic N) is 1. The summed E-state index contributed by atoms with van der Waals surface area (Å²) in [5, 5.41) is 13.2. The second-order valence-electron chi connectivity index (χ2n) is 3.67. The molecule has 1 aromatic heterocycles. The van der Waals surface area contributed by atoms with E-state index in [0.29, 0.717) is 11.3 Å². The Morgan fingerprint density at radius 2 is 2.11 bits per heavy atom. The number of hydrogen-bond donors (Lipinski definition) is 2. The average molecular weight is 244 g/mol. The summed E-state index contributed by atoms with van der Waals surface area (Å²) in [4.78, 5) is 11.6. The first-order chi connectivity index (χ1) is 8.66. The predicted octanol–water partition coefficient (Wildman–Crippen LogP) is 2.06. The van der Waals surface area contributed by atoms with Crippen molar-refractivity contribution >= 4 is 12.1 Å². The number of carbonyl (C=O) groups excluding carboxylic acids is 1. The molecule has 1 amide bonds. The Hall–Kier alpha value is -2.56. The van der Waals surface area contributed by atoms with Gasteiger partial charge in [-0.3, -0.25) is 4.79 Å². The van der Waals surface area contributed by atoms with Gasteiger partial charge < -0.3 is 9.52 Å². The molecule has 0 aliphatic rings. The molecule has 2 aromatic rings. The summed E-state index contributed by atoms with van der Waals surface area (Å²) in [5.74, 6) is 0.519. The van der Waals surface area contributed by atoms with E-state index in [0.717, 1.165) is 0 Å². The maximum Gasteiger partial charge on any atom is 0.307 e. The largest absolute Gasteiger partial charge is 0.507 e. The minimum absolute atomic E-state index is 0.101. The van der Waals surface area contributed by atoms with Crippen LogP contribution >= 0.6 is 0 Å². The summed E-state index contributed by atoms with van der Waals surface area (Å²) in [6.07, 6.45) is 1.36. The van der Waals surface area contributed by atoms with Crippen LogP contribution in [0.2, 0.25) is 0 Å². The van der Waals surface area contributed by atoms with Crippen molar-refractivity contribution in [3.05, 3.63) is 53.5 Å². The molecule has 0 fully saturated rings. The van der Waals surface area contributed by atoms with E-state index in [4.69, 9.17) is 4.42 Å². The van der Waals surface area contributed by atoms with Gasteiger partial charge in [0.1, 0.15) is 11.5 Å². The van der Waals surface area contributed by atoms with Gasteiger partial charge in [-0.25, -0.2) is 5.43 Å². The number of hydrazone groups is 1. The van der Waals surface area contributed by atoms with E-state index in [1.807, 2.05) is 0 Å². The number of carbonyl (C=O) groups is 1. The number of aromatic hydroxyl groups is 1. The highest BCUT2D eigenvalue weighted by molar-refractivity contribution is 5.92. The third-order valence-corrected chi connectivity index (χ3v) is 2.27. The van der Waals surface area contributed by atoms with Gasteiger partial charge in [0.25, 0.3) is 0 Å². The predicted molar refractivity (Wildman–Crippen MR) is 66.6 cm³/mol. The summed E-state index contributed by atoms with van der Waals surface area (Å²) >= 11 is 0. The van der Waals surface area contributed by atoms with Crippen molar-refractivity contribution in [2.24, 2.45) is 5.10 Å². The number of furan rings is 1. The van der Waals surface area contributed by atoms with Crippen LogP contribution in [0.4, 0.5) is 0 Å². The number of nitrogens with one attached hydrogen (secondary N) is 1. The highest BCUT2D eigenvalue weighted by Gasteiger charge is 2.08. The molecule has 2 rings (SSSR count). The number of aryl methyl sites for hydroxylation is 1. The maximum atomic E-state index is 11.6. The van der Waals surface area contributed by atoms with Gasteiger partial charge in [0.15, 0.2) is 5.76 Å². The number of rotatable bonds is 3. The van der Waals surface area contributed by atoms with Crippen LogP contribution < -0.4 is 5.43 Å². The smallest absolute Gasteiger partial charge is 0.307 e. The fourth-order valence-electron chi connectivity index (χ4n) is 1.37. The summed E-state index contributed by atoms with van der Waals surface area (Å²) < 4.78 is 5.14. The lowest BCUT2D eigenvalue weighted by molar-refractivity contribution is 0.0926. The Kier molecular flexibility index (Phi) is 3.43. The van der Waals surface area contributed by atoms with Crippen molar-refractivity contribution in [3.8, 4) is 5.75 Å². The SMILES string of the molecule is Cc1ccc(C(=O)N/N=C/c2ccccc2O)o1. The van der Waals surface area contributed by atoms with Gasteiger partial charge in [0.05, 0.1) is 6.21 Å². The average Bonchev–Trinajstić information content (AvgIpc) is 2.78. The molecule has 0 bridgehead atoms. The molecule has 0 saturated carbocycles. The molecule has 0 saturated heterocycles. The summed E-state index contributed by atoms with van der Waals surface area (Å²) in [6.45, 7) is 1.75. The van der Waals surface area contributed by atoms with Gasteiger partial charge in [-0.15, -0.1) is 0 Å². The highest BCUT2D eigenvalue weighted by Crippen LogP contribution is 2.12. The molecule has 0 radical (unpaired) electrons. The third-order valence-electron chi connectivity index (χ3n) is 2.27. The fourth-order valence-corrected chi connectivity index (χ4v) is 1.37. The molecule has 92 valence electrons. The third kappa shape index (κ3) is 2.76. The van der Waals surface area contributed by atoms with Gasteiger partial charge in [-0.2, -0.15) is 5.10 Å². The normalized spacial score (nSPS) is 10.7. The zero-order valence-electron chi connectivity index (χ0n) is 9.75. The van der Waals surface area contributed by atoms with Crippen molar-refractivity contribution in [2.75, 3.05) is 0 Å². The van der Waals surface area contributed by atoms with Crippen LogP contribution in [0, 0.1) is 6.92 Å². The first-order valence-corrected chi connectivity index (χ1v) is 5.34. The molecule has 5 nitrogen and oxygen atoms in total. The van der Waals surface area contributed by atoms with Crippen LogP contribution in [0.5, 0.6) is 5.75 Å².